The fraction of sp³-hybridized carbons (Fsp3) is 0.250. The van der Waals surface area contributed by atoms with Crippen LogP contribution in [0.2, 0.25) is 0 Å². The highest BCUT2D eigenvalue weighted by atomic mass is 16.5. The van der Waals surface area contributed by atoms with E-state index in [1.54, 1.807) is 38.3 Å². The Morgan fingerprint density at radius 3 is 2.60 bits per heavy atom. The number of ether oxygens (including phenoxy) is 1. The number of carbonyl (C=O) groups is 1. The molecule has 0 saturated carbocycles. The molecule has 78 valence electrons. The first kappa shape index (κ1) is 11.1. The van der Waals surface area contributed by atoms with E-state index in [-0.39, 0.29) is 5.91 Å². The zero-order valence-corrected chi connectivity index (χ0v) is 8.83. The maximum absolute atomic E-state index is 11.5. The largest absolute Gasteiger partial charge is 0.497 e. The van der Waals surface area contributed by atoms with Gasteiger partial charge >= 0.3 is 0 Å². The molecule has 0 aliphatic rings. The van der Waals surface area contributed by atoms with Gasteiger partial charge in [-0.15, -0.1) is 5.92 Å². The zero-order valence-electron chi connectivity index (χ0n) is 8.83. The molecule has 1 aromatic rings. The zero-order chi connectivity index (χ0) is 11.1. The first-order valence-corrected chi connectivity index (χ1v) is 4.59. The molecule has 1 aromatic carbocycles. The Labute approximate surface area is 89.4 Å². The molecule has 0 radical (unpaired) electrons. The Morgan fingerprint density at radius 1 is 1.40 bits per heavy atom. The predicted molar refractivity (Wildman–Crippen MR) is 58.8 cm³/mol. The maximum Gasteiger partial charge on any atom is 0.252 e. The molecular formula is C12H13NO2. The van der Waals surface area contributed by atoms with Crippen molar-refractivity contribution in [1.82, 2.24) is 5.32 Å². The van der Waals surface area contributed by atoms with Gasteiger partial charge < -0.3 is 10.1 Å². The normalized spacial score (nSPS) is 8.67. The topological polar surface area (TPSA) is 38.3 Å². The minimum atomic E-state index is -0.125. The third kappa shape index (κ3) is 3.35. The van der Waals surface area contributed by atoms with Gasteiger partial charge in [-0.3, -0.25) is 4.79 Å². The second kappa shape index (κ2) is 5.71. The summed E-state index contributed by atoms with van der Waals surface area (Å²) in [6.45, 7) is 2.11. The molecule has 0 aliphatic carbocycles. The lowest BCUT2D eigenvalue weighted by molar-refractivity contribution is 0.0958. The van der Waals surface area contributed by atoms with Gasteiger partial charge in [0, 0.05) is 5.56 Å². The van der Waals surface area contributed by atoms with Crippen molar-refractivity contribution in [2.45, 2.75) is 6.92 Å². The van der Waals surface area contributed by atoms with Crippen molar-refractivity contribution in [2.75, 3.05) is 13.7 Å². The molecule has 0 aliphatic heterocycles. The van der Waals surface area contributed by atoms with Crippen molar-refractivity contribution in [2.24, 2.45) is 0 Å². The average Bonchev–Trinajstić information content (AvgIpc) is 2.29. The molecule has 0 bridgehead atoms. The van der Waals surface area contributed by atoms with Crippen molar-refractivity contribution in [3.05, 3.63) is 29.8 Å². The summed E-state index contributed by atoms with van der Waals surface area (Å²) < 4.78 is 4.99. The van der Waals surface area contributed by atoms with Gasteiger partial charge in [0.1, 0.15) is 5.75 Å². The molecule has 0 heterocycles. The van der Waals surface area contributed by atoms with Gasteiger partial charge in [-0.2, -0.15) is 0 Å². The average molecular weight is 203 g/mol. The summed E-state index contributed by atoms with van der Waals surface area (Å²) >= 11 is 0. The molecule has 0 spiro atoms. The molecule has 0 unspecified atom stereocenters. The summed E-state index contributed by atoms with van der Waals surface area (Å²) in [4.78, 5) is 11.5. The van der Waals surface area contributed by atoms with Gasteiger partial charge in [-0.1, -0.05) is 5.92 Å². The van der Waals surface area contributed by atoms with Gasteiger partial charge in [-0.05, 0) is 31.2 Å². The molecule has 15 heavy (non-hydrogen) atoms. The first-order valence-electron chi connectivity index (χ1n) is 4.59. The molecule has 0 aromatic heterocycles. The van der Waals surface area contributed by atoms with Crippen LogP contribution in [0.4, 0.5) is 0 Å². The van der Waals surface area contributed by atoms with Crippen molar-refractivity contribution < 1.29 is 9.53 Å². The van der Waals surface area contributed by atoms with E-state index < -0.39 is 0 Å². The molecular weight excluding hydrogens is 190 g/mol. The molecule has 3 heteroatoms. The van der Waals surface area contributed by atoms with Crippen LogP contribution in [-0.4, -0.2) is 19.6 Å². The highest BCUT2D eigenvalue weighted by Crippen LogP contribution is 2.10. The molecule has 1 rings (SSSR count). The summed E-state index contributed by atoms with van der Waals surface area (Å²) in [5.41, 5.74) is 0.605. The van der Waals surface area contributed by atoms with E-state index in [4.69, 9.17) is 4.74 Å². The molecule has 0 fully saturated rings. The van der Waals surface area contributed by atoms with E-state index in [2.05, 4.69) is 17.2 Å². The van der Waals surface area contributed by atoms with Crippen LogP contribution >= 0.6 is 0 Å². The number of amides is 1. The Hall–Kier alpha value is -1.95. The van der Waals surface area contributed by atoms with Crippen LogP contribution in [0.5, 0.6) is 5.75 Å². The fourth-order valence-corrected chi connectivity index (χ4v) is 1.06. The molecule has 3 nitrogen and oxygen atoms in total. The lowest BCUT2D eigenvalue weighted by atomic mass is 10.2. The number of carbonyl (C=O) groups excluding carboxylic acids is 1. The van der Waals surface area contributed by atoms with Gasteiger partial charge in [0.2, 0.25) is 0 Å². The fourth-order valence-electron chi connectivity index (χ4n) is 1.06. The second-order valence-corrected chi connectivity index (χ2v) is 2.84. The lowest BCUT2D eigenvalue weighted by Crippen LogP contribution is -2.23. The minimum absolute atomic E-state index is 0.125. The van der Waals surface area contributed by atoms with Crippen LogP contribution in [0.25, 0.3) is 0 Å². The summed E-state index contributed by atoms with van der Waals surface area (Å²) in [7, 11) is 1.59. The standard InChI is InChI=1S/C12H13NO2/c1-3-4-9-13-12(14)10-5-7-11(15-2)8-6-10/h5-8H,9H2,1-2H3,(H,13,14). The van der Waals surface area contributed by atoms with E-state index in [0.29, 0.717) is 12.1 Å². The number of hydrogen-bond acceptors (Lipinski definition) is 2. The minimum Gasteiger partial charge on any atom is -0.497 e. The molecule has 1 N–H and O–H groups in total. The maximum atomic E-state index is 11.5. The third-order valence-electron chi connectivity index (χ3n) is 1.87. The van der Waals surface area contributed by atoms with Crippen LogP contribution < -0.4 is 10.1 Å². The van der Waals surface area contributed by atoms with Crippen molar-refractivity contribution in [3.63, 3.8) is 0 Å². The lowest BCUT2D eigenvalue weighted by Gasteiger charge is -2.02. The van der Waals surface area contributed by atoms with E-state index >= 15 is 0 Å². The predicted octanol–water partition coefficient (Wildman–Crippen LogP) is 1.45. The number of hydrogen-bond donors (Lipinski definition) is 1. The molecule has 0 saturated heterocycles. The van der Waals surface area contributed by atoms with E-state index in [1.807, 2.05) is 0 Å². The summed E-state index contributed by atoms with van der Waals surface area (Å²) in [6, 6.07) is 6.93. The van der Waals surface area contributed by atoms with Crippen LogP contribution in [0.1, 0.15) is 17.3 Å². The summed E-state index contributed by atoms with van der Waals surface area (Å²) in [5.74, 6) is 6.08. The quantitative estimate of drug-likeness (QED) is 0.755. The van der Waals surface area contributed by atoms with Crippen molar-refractivity contribution in [3.8, 4) is 17.6 Å². The Morgan fingerprint density at radius 2 is 2.07 bits per heavy atom. The van der Waals surface area contributed by atoms with Gasteiger partial charge in [0.25, 0.3) is 5.91 Å². The SMILES string of the molecule is CC#CCNC(=O)c1ccc(OC)cc1. The highest BCUT2D eigenvalue weighted by molar-refractivity contribution is 5.94. The Kier molecular flexibility index (Phi) is 4.24. The smallest absolute Gasteiger partial charge is 0.252 e. The van der Waals surface area contributed by atoms with E-state index in [1.165, 1.54) is 0 Å². The Bertz CT molecular complexity index is 384. The van der Waals surface area contributed by atoms with Gasteiger partial charge in [0.05, 0.1) is 13.7 Å². The van der Waals surface area contributed by atoms with Gasteiger partial charge in [0.15, 0.2) is 0 Å². The van der Waals surface area contributed by atoms with Crippen LogP contribution in [-0.2, 0) is 0 Å². The second-order valence-electron chi connectivity index (χ2n) is 2.84. The van der Waals surface area contributed by atoms with Crippen LogP contribution in [0.3, 0.4) is 0 Å². The third-order valence-corrected chi connectivity index (χ3v) is 1.87. The summed E-state index contributed by atoms with van der Waals surface area (Å²) in [5, 5.41) is 2.68. The van der Waals surface area contributed by atoms with Crippen LogP contribution in [0.15, 0.2) is 24.3 Å². The van der Waals surface area contributed by atoms with Crippen molar-refractivity contribution in [1.29, 1.82) is 0 Å². The monoisotopic (exact) mass is 203 g/mol. The molecule has 1 amide bonds. The number of nitrogens with one attached hydrogen (secondary N) is 1. The number of benzene rings is 1. The highest BCUT2D eigenvalue weighted by Gasteiger charge is 2.03. The van der Waals surface area contributed by atoms with E-state index in [0.717, 1.165) is 5.75 Å². The van der Waals surface area contributed by atoms with Gasteiger partial charge in [-0.25, -0.2) is 0 Å². The first-order chi connectivity index (χ1) is 7.27. The summed E-state index contributed by atoms with van der Waals surface area (Å²) in [6.07, 6.45) is 0. The molecule has 0 atom stereocenters. The van der Waals surface area contributed by atoms with Crippen LogP contribution in [0, 0.1) is 11.8 Å². The number of methoxy groups -OCH3 is 1. The number of rotatable bonds is 3. The van der Waals surface area contributed by atoms with E-state index in [9.17, 15) is 4.79 Å². The Balaban J connectivity index is 2.60. The van der Waals surface area contributed by atoms with Crippen molar-refractivity contribution >= 4 is 5.91 Å².